The molecule has 8 rings (SSSR count). The van der Waals surface area contributed by atoms with Crippen LogP contribution in [0, 0.1) is 34.5 Å². The van der Waals surface area contributed by atoms with E-state index in [-0.39, 0.29) is 48.0 Å². The minimum absolute atomic E-state index is 0.00134. The average Bonchev–Trinajstić information content (AvgIpc) is 3.92. The normalized spacial score (nSPS) is 50.9. The molecular weight excluding hydrogens is 1010 g/mol. The van der Waals surface area contributed by atoms with Crippen molar-refractivity contribution in [3.05, 3.63) is 0 Å². The third kappa shape index (κ3) is 11.2. The molecule has 4 saturated heterocycles. The molecule has 4 aliphatic carbocycles. The van der Waals surface area contributed by atoms with Gasteiger partial charge in [-0.2, -0.15) is 0 Å². The molecular formula is C55H92O22. The maximum absolute atomic E-state index is 13.1. The van der Waals surface area contributed by atoms with E-state index in [0.717, 1.165) is 32.1 Å². The first-order valence-corrected chi connectivity index (χ1v) is 28.3. The Morgan fingerprint density at radius 2 is 1.25 bits per heavy atom. The summed E-state index contributed by atoms with van der Waals surface area (Å²) in [5, 5.41) is 78.1. The lowest BCUT2D eigenvalue weighted by Crippen LogP contribution is -2.72. The third-order valence-electron chi connectivity index (χ3n) is 20.3. The molecule has 77 heavy (non-hydrogen) atoms. The molecule has 4 aliphatic heterocycles. The van der Waals surface area contributed by atoms with Gasteiger partial charge in [0.25, 0.3) is 0 Å². The van der Waals surface area contributed by atoms with Gasteiger partial charge in [-0.05, 0) is 109 Å². The van der Waals surface area contributed by atoms with Crippen molar-refractivity contribution in [1.29, 1.82) is 0 Å². The summed E-state index contributed by atoms with van der Waals surface area (Å²) >= 11 is 0. The van der Waals surface area contributed by atoms with Crippen LogP contribution in [0.15, 0.2) is 0 Å². The summed E-state index contributed by atoms with van der Waals surface area (Å²) in [5.41, 5.74) is -4.51. The standard InChI is InChI=1S/C55H92O22/c1-13-25(2)49(62)71-29(6)54(63)18-19-55(64)33-15-14-31-20-32(16-17-52(31,8)34(33)21-38(53(54,55)9)72-30(7)57)73-39-22-35(65-10)45(26(3)68-39)75-40-23-36(66-11)46(27(4)69-40)76-51-44(61)48(67-12)47(28(5)70-51)77-50-43(60)42(59)41(58)37(24-56)74-50/h25-29,31-48,50-51,56,58-61,63-64H,13-24H2,1-12H3/t25-,26-,27-,28-,29+,31+,32+,33-,34+,35+,36+,37-,38-,39-,40+,41-,42+,43-,44-,45-,46-,47-,48-,50+,51+,52+,53-,54-,55+/m1/s1. The number of carbonyl (C=O) groups excluding carboxylic acids is 2. The van der Waals surface area contributed by atoms with E-state index in [1.807, 2.05) is 20.8 Å². The first-order valence-electron chi connectivity index (χ1n) is 28.3. The predicted octanol–water partition coefficient (Wildman–Crippen LogP) is 2.16. The van der Waals surface area contributed by atoms with Crippen LogP contribution in [0.4, 0.5) is 0 Å². The van der Waals surface area contributed by atoms with Gasteiger partial charge in [0, 0.05) is 41.1 Å². The second-order valence-electron chi connectivity index (χ2n) is 24.3. The molecule has 4 saturated carbocycles. The molecule has 0 amide bonds. The zero-order chi connectivity index (χ0) is 56.3. The van der Waals surface area contributed by atoms with E-state index in [2.05, 4.69) is 6.92 Å². The fourth-order valence-corrected chi connectivity index (χ4v) is 15.4. The summed E-state index contributed by atoms with van der Waals surface area (Å²) in [7, 11) is 4.55. The highest BCUT2D eigenvalue weighted by Crippen LogP contribution is 2.71. The molecule has 4 heterocycles. The van der Waals surface area contributed by atoms with Gasteiger partial charge in [-0.3, -0.25) is 9.59 Å². The van der Waals surface area contributed by atoms with E-state index in [0.29, 0.717) is 25.7 Å². The van der Waals surface area contributed by atoms with E-state index in [4.69, 9.17) is 61.6 Å². The van der Waals surface area contributed by atoms with Crippen LogP contribution >= 0.6 is 0 Å². The van der Waals surface area contributed by atoms with Crippen molar-refractivity contribution in [1.82, 2.24) is 0 Å². The average molecular weight is 1110 g/mol. The molecule has 22 heteroatoms. The smallest absolute Gasteiger partial charge is 0.309 e. The Morgan fingerprint density at radius 3 is 1.84 bits per heavy atom. The summed E-state index contributed by atoms with van der Waals surface area (Å²) in [6, 6.07) is 0. The molecule has 0 aromatic rings. The Kier molecular flexibility index (Phi) is 19.3. The molecule has 0 spiro atoms. The summed E-state index contributed by atoms with van der Waals surface area (Å²) in [6.45, 7) is 15.6. The first kappa shape index (κ1) is 61.3. The van der Waals surface area contributed by atoms with Gasteiger partial charge in [-0.15, -0.1) is 0 Å². The summed E-state index contributed by atoms with van der Waals surface area (Å²) < 4.78 is 80.2. The highest BCUT2D eigenvalue weighted by Gasteiger charge is 2.77. The Bertz CT molecular complexity index is 1980. The maximum atomic E-state index is 13.1. The zero-order valence-corrected chi connectivity index (χ0v) is 47.2. The summed E-state index contributed by atoms with van der Waals surface area (Å²) in [4.78, 5) is 25.9. The second kappa shape index (κ2) is 24.2. The molecule has 8 aliphatic rings. The molecule has 8 fully saturated rings. The highest BCUT2D eigenvalue weighted by molar-refractivity contribution is 5.72. The van der Waals surface area contributed by atoms with E-state index >= 15 is 0 Å². The van der Waals surface area contributed by atoms with Crippen LogP contribution in [0.5, 0.6) is 0 Å². The van der Waals surface area contributed by atoms with Crippen molar-refractivity contribution < 1.29 is 107 Å². The number of esters is 2. The molecule has 22 nitrogen and oxygen atoms in total. The number of methoxy groups -OCH3 is 3. The van der Waals surface area contributed by atoms with E-state index in [9.17, 15) is 45.3 Å². The van der Waals surface area contributed by atoms with Crippen molar-refractivity contribution in [2.24, 2.45) is 34.5 Å². The van der Waals surface area contributed by atoms with Crippen molar-refractivity contribution in [3.63, 3.8) is 0 Å². The number of ether oxygens (including phenoxy) is 13. The van der Waals surface area contributed by atoms with Gasteiger partial charge in [0.1, 0.15) is 72.7 Å². The third-order valence-corrected chi connectivity index (χ3v) is 20.3. The Labute approximate surface area is 453 Å². The topological polar surface area (TPSA) is 296 Å². The number of hydrogen-bond donors (Lipinski definition) is 7. The van der Waals surface area contributed by atoms with Crippen LogP contribution in [0.2, 0.25) is 0 Å². The molecule has 0 aromatic heterocycles. The van der Waals surface area contributed by atoms with Gasteiger partial charge in [0.15, 0.2) is 25.2 Å². The van der Waals surface area contributed by atoms with E-state index in [1.165, 1.54) is 14.0 Å². The van der Waals surface area contributed by atoms with Gasteiger partial charge in [-0.25, -0.2) is 0 Å². The van der Waals surface area contributed by atoms with E-state index < -0.39 is 158 Å². The lowest BCUT2D eigenvalue weighted by Gasteiger charge is -2.66. The molecule has 0 bridgehead atoms. The Morgan fingerprint density at radius 1 is 0.649 bits per heavy atom. The number of aliphatic hydroxyl groups excluding tert-OH is 5. The van der Waals surface area contributed by atoms with Gasteiger partial charge in [0.05, 0.1) is 60.2 Å². The van der Waals surface area contributed by atoms with Gasteiger partial charge < -0.3 is 97.3 Å². The minimum atomic E-state index is -1.67. The SMILES string of the molecule is CC[C@@H](C)C(=O)O[C@@H](C)[C@]1(O)CC[C@]2(O)[C@@H]3CC[C@H]4C[C@@H](O[C@@H]5C[C@H](OC)[C@H](O[C@H]6C[C@H](OC)[C@H](O[C@@H]7O[C@H](C)[C@@H](O[C@@H]8O[C@H](CO)[C@@H](O)[C@H](O)[C@H]8O)[C@H](OC)[C@H]7O)[C@@H](C)O6)[C@@H](C)O5)CC[C@]4(C)[C@H]3C[C@@H](OC(C)=O)[C@]12C. The Hall–Kier alpha value is -1.78. The predicted molar refractivity (Wildman–Crippen MR) is 268 cm³/mol. The van der Waals surface area contributed by atoms with Crippen LogP contribution in [-0.4, -0.2) is 216 Å². The van der Waals surface area contributed by atoms with Crippen molar-refractivity contribution in [3.8, 4) is 0 Å². The highest BCUT2D eigenvalue weighted by atomic mass is 16.8. The lowest BCUT2D eigenvalue weighted by atomic mass is 9.42. The number of aliphatic hydroxyl groups is 7. The van der Waals surface area contributed by atoms with Crippen LogP contribution in [0.25, 0.3) is 0 Å². The fourth-order valence-electron chi connectivity index (χ4n) is 15.4. The minimum Gasteiger partial charge on any atom is -0.462 e. The maximum Gasteiger partial charge on any atom is 0.309 e. The van der Waals surface area contributed by atoms with Crippen LogP contribution < -0.4 is 0 Å². The van der Waals surface area contributed by atoms with Gasteiger partial charge in [0.2, 0.25) is 0 Å². The molecule has 7 N–H and O–H groups in total. The molecule has 0 aromatic carbocycles. The van der Waals surface area contributed by atoms with Crippen LogP contribution in [0.3, 0.4) is 0 Å². The number of fused-ring (bicyclic) bond motifs is 5. The summed E-state index contributed by atoms with van der Waals surface area (Å²) in [5.74, 6) is -1.16. The lowest BCUT2D eigenvalue weighted by molar-refractivity contribution is -0.373. The van der Waals surface area contributed by atoms with Crippen LogP contribution in [0.1, 0.15) is 133 Å². The molecule has 444 valence electrons. The molecule has 29 atom stereocenters. The van der Waals surface area contributed by atoms with Crippen LogP contribution in [-0.2, 0) is 71.2 Å². The van der Waals surface area contributed by atoms with Gasteiger partial charge >= 0.3 is 11.9 Å². The quantitative estimate of drug-likeness (QED) is 0.0811. The number of carbonyl (C=O) groups is 2. The van der Waals surface area contributed by atoms with Gasteiger partial charge in [-0.1, -0.05) is 27.7 Å². The molecule has 0 unspecified atom stereocenters. The fraction of sp³-hybridized carbons (Fsp3) is 0.964. The van der Waals surface area contributed by atoms with E-state index in [1.54, 1.807) is 41.9 Å². The Balaban J connectivity index is 0.859. The summed E-state index contributed by atoms with van der Waals surface area (Å²) in [6.07, 6.45) is -13.5. The zero-order valence-electron chi connectivity index (χ0n) is 47.2. The number of hydrogen-bond acceptors (Lipinski definition) is 22. The van der Waals surface area contributed by atoms with Crippen molar-refractivity contribution in [2.45, 2.75) is 273 Å². The number of rotatable bonds is 17. The van der Waals surface area contributed by atoms with Crippen molar-refractivity contribution in [2.75, 3.05) is 27.9 Å². The monoisotopic (exact) mass is 1100 g/mol. The first-order chi connectivity index (χ1) is 36.3. The largest absolute Gasteiger partial charge is 0.462 e. The molecule has 0 radical (unpaired) electrons. The van der Waals surface area contributed by atoms with Crippen molar-refractivity contribution >= 4 is 11.9 Å². The second-order valence-corrected chi connectivity index (χ2v) is 24.3.